The molecule has 1 aliphatic heterocycles. The highest BCUT2D eigenvalue weighted by atomic mass is 16.2. The Labute approximate surface area is 96.8 Å². The third-order valence-electron chi connectivity index (χ3n) is 2.63. The normalized spacial score (nSPS) is 16.5. The molecule has 1 aliphatic rings. The first-order chi connectivity index (χ1) is 7.54. The number of urea groups is 1. The van der Waals surface area contributed by atoms with Crippen molar-refractivity contribution < 1.29 is 9.59 Å². The van der Waals surface area contributed by atoms with E-state index in [4.69, 9.17) is 0 Å². The number of carbonyl (C=O) groups is 2. The minimum absolute atomic E-state index is 0.0291. The third kappa shape index (κ3) is 3.40. The molecule has 0 spiro atoms. The molecular formula is C11H21N3O2. The van der Waals surface area contributed by atoms with Crippen LogP contribution in [0.4, 0.5) is 4.79 Å². The fraction of sp³-hybridized carbons (Fsp3) is 0.818. The molecule has 1 fully saturated rings. The van der Waals surface area contributed by atoms with E-state index in [9.17, 15) is 9.59 Å². The molecule has 3 amide bonds. The first kappa shape index (κ1) is 12.8. The monoisotopic (exact) mass is 227 g/mol. The molecule has 5 nitrogen and oxygen atoms in total. The maximum atomic E-state index is 11.7. The van der Waals surface area contributed by atoms with Crippen LogP contribution in [-0.2, 0) is 4.79 Å². The zero-order valence-electron chi connectivity index (χ0n) is 10.3. The number of nitrogens with zero attached hydrogens (tertiary/aromatic N) is 2. The molecule has 0 aromatic heterocycles. The lowest BCUT2D eigenvalue weighted by Gasteiger charge is -2.35. The third-order valence-corrected chi connectivity index (χ3v) is 2.63. The van der Waals surface area contributed by atoms with Crippen molar-refractivity contribution in [2.75, 3.05) is 26.2 Å². The fourth-order valence-corrected chi connectivity index (χ4v) is 1.72. The van der Waals surface area contributed by atoms with Gasteiger partial charge in [0, 0.05) is 38.6 Å². The molecule has 0 bridgehead atoms. The summed E-state index contributed by atoms with van der Waals surface area (Å²) in [5.74, 6) is 0.170. The van der Waals surface area contributed by atoms with E-state index in [-0.39, 0.29) is 18.0 Å². The van der Waals surface area contributed by atoms with Crippen molar-refractivity contribution in [3.05, 3.63) is 0 Å². The van der Waals surface area contributed by atoms with Gasteiger partial charge in [0.15, 0.2) is 0 Å². The van der Waals surface area contributed by atoms with Gasteiger partial charge in [0.25, 0.3) is 0 Å². The van der Waals surface area contributed by atoms with E-state index in [0.717, 1.165) is 0 Å². The summed E-state index contributed by atoms with van der Waals surface area (Å²) in [5, 5.41) is 2.85. The van der Waals surface area contributed by atoms with Crippen LogP contribution in [0.5, 0.6) is 0 Å². The van der Waals surface area contributed by atoms with Gasteiger partial charge in [-0.2, -0.15) is 0 Å². The van der Waals surface area contributed by atoms with Gasteiger partial charge >= 0.3 is 6.03 Å². The molecule has 0 aromatic rings. The topological polar surface area (TPSA) is 52.7 Å². The van der Waals surface area contributed by atoms with E-state index in [1.165, 1.54) is 0 Å². The van der Waals surface area contributed by atoms with Gasteiger partial charge in [-0.05, 0) is 13.8 Å². The Morgan fingerprint density at radius 1 is 1.12 bits per heavy atom. The highest BCUT2D eigenvalue weighted by Crippen LogP contribution is 2.04. The number of hydrogen-bond donors (Lipinski definition) is 1. The predicted molar refractivity (Wildman–Crippen MR) is 62.1 cm³/mol. The summed E-state index contributed by atoms with van der Waals surface area (Å²) in [6.07, 6.45) is 0.540. The summed E-state index contributed by atoms with van der Waals surface area (Å²) in [6.45, 7) is 8.30. The average molecular weight is 227 g/mol. The Hall–Kier alpha value is -1.26. The van der Waals surface area contributed by atoms with Gasteiger partial charge in [-0.15, -0.1) is 0 Å². The molecule has 0 aromatic carbocycles. The van der Waals surface area contributed by atoms with Crippen LogP contribution in [0.2, 0.25) is 0 Å². The lowest BCUT2D eigenvalue weighted by Crippen LogP contribution is -2.53. The minimum atomic E-state index is -0.0291. The molecule has 0 unspecified atom stereocenters. The van der Waals surface area contributed by atoms with Gasteiger partial charge in [-0.1, -0.05) is 6.92 Å². The number of piperazine rings is 1. The molecule has 16 heavy (non-hydrogen) atoms. The van der Waals surface area contributed by atoms with E-state index in [1.807, 2.05) is 25.7 Å². The molecule has 1 heterocycles. The maximum Gasteiger partial charge on any atom is 0.317 e. The van der Waals surface area contributed by atoms with Crippen molar-refractivity contribution in [1.82, 2.24) is 15.1 Å². The lowest BCUT2D eigenvalue weighted by molar-refractivity contribution is -0.132. The first-order valence-electron chi connectivity index (χ1n) is 5.87. The van der Waals surface area contributed by atoms with Crippen LogP contribution < -0.4 is 5.32 Å². The Kier molecular flexibility index (Phi) is 4.58. The smallest absolute Gasteiger partial charge is 0.317 e. The Morgan fingerprint density at radius 2 is 1.62 bits per heavy atom. The van der Waals surface area contributed by atoms with E-state index >= 15 is 0 Å². The van der Waals surface area contributed by atoms with Crippen molar-refractivity contribution in [2.45, 2.75) is 33.2 Å². The maximum absolute atomic E-state index is 11.7. The van der Waals surface area contributed by atoms with Crippen LogP contribution in [0.1, 0.15) is 27.2 Å². The zero-order valence-corrected chi connectivity index (χ0v) is 10.3. The summed E-state index contributed by atoms with van der Waals surface area (Å²) in [6, 6.07) is 0.126. The van der Waals surface area contributed by atoms with Gasteiger partial charge in [0.2, 0.25) is 5.91 Å². The second-order valence-corrected chi connectivity index (χ2v) is 4.33. The predicted octanol–water partition coefficient (Wildman–Crippen LogP) is 0.659. The second kappa shape index (κ2) is 5.72. The van der Waals surface area contributed by atoms with Crippen LogP contribution >= 0.6 is 0 Å². The molecular weight excluding hydrogens is 206 g/mol. The van der Waals surface area contributed by atoms with Crippen LogP contribution in [-0.4, -0.2) is 54.0 Å². The zero-order chi connectivity index (χ0) is 12.1. The average Bonchev–Trinajstić information content (AvgIpc) is 2.27. The summed E-state index contributed by atoms with van der Waals surface area (Å²) in [4.78, 5) is 26.7. The quantitative estimate of drug-likeness (QED) is 0.753. The summed E-state index contributed by atoms with van der Waals surface area (Å²) in [5.41, 5.74) is 0. The number of rotatable bonds is 2. The second-order valence-electron chi connectivity index (χ2n) is 4.33. The van der Waals surface area contributed by atoms with Gasteiger partial charge in [-0.25, -0.2) is 4.79 Å². The number of carbonyl (C=O) groups excluding carboxylic acids is 2. The van der Waals surface area contributed by atoms with Gasteiger partial charge in [0.1, 0.15) is 0 Å². The van der Waals surface area contributed by atoms with Crippen LogP contribution in [0.25, 0.3) is 0 Å². The summed E-state index contributed by atoms with van der Waals surface area (Å²) in [7, 11) is 0. The molecule has 0 radical (unpaired) electrons. The van der Waals surface area contributed by atoms with E-state index in [0.29, 0.717) is 32.6 Å². The Balaban J connectivity index is 2.37. The first-order valence-corrected chi connectivity index (χ1v) is 5.87. The number of hydrogen-bond acceptors (Lipinski definition) is 2. The van der Waals surface area contributed by atoms with Crippen molar-refractivity contribution in [3.63, 3.8) is 0 Å². The van der Waals surface area contributed by atoms with E-state index in [2.05, 4.69) is 5.32 Å². The summed E-state index contributed by atoms with van der Waals surface area (Å²) < 4.78 is 0. The molecule has 5 heteroatoms. The van der Waals surface area contributed by atoms with Crippen LogP contribution in [0.15, 0.2) is 0 Å². The molecule has 1 rings (SSSR count). The van der Waals surface area contributed by atoms with Gasteiger partial charge in [0.05, 0.1) is 0 Å². The SMILES string of the molecule is CCC(=O)N1CCN(C(=O)NC(C)C)CC1. The fourth-order valence-electron chi connectivity index (χ4n) is 1.72. The van der Waals surface area contributed by atoms with Crippen molar-refractivity contribution >= 4 is 11.9 Å². The lowest BCUT2D eigenvalue weighted by atomic mass is 10.3. The van der Waals surface area contributed by atoms with Gasteiger partial charge in [-0.3, -0.25) is 4.79 Å². The largest absolute Gasteiger partial charge is 0.339 e. The Morgan fingerprint density at radius 3 is 2.06 bits per heavy atom. The molecule has 1 saturated heterocycles. The van der Waals surface area contributed by atoms with Crippen LogP contribution in [0.3, 0.4) is 0 Å². The van der Waals surface area contributed by atoms with E-state index < -0.39 is 0 Å². The molecule has 0 saturated carbocycles. The van der Waals surface area contributed by atoms with Crippen molar-refractivity contribution in [3.8, 4) is 0 Å². The highest BCUT2D eigenvalue weighted by Gasteiger charge is 2.23. The highest BCUT2D eigenvalue weighted by molar-refractivity contribution is 5.77. The molecule has 92 valence electrons. The minimum Gasteiger partial charge on any atom is -0.339 e. The Bertz CT molecular complexity index is 258. The van der Waals surface area contributed by atoms with E-state index in [1.54, 1.807) is 4.90 Å². The number of amides is 3. The van der Waals surface area contributed by atoms with Crippen molar-refractivity contribution in [2.24, 2.45) is 0 Å². The van der Waals surface area contributed by atoms with Crippen molar-refractivity contribution in [1.29, 1.82) is 0 Å². The van der Waals surface area contributed by atoms with Crippen LogP contribution in [0, 0.1) is 0 Å². The molecule has 0 aliphatic carbocycles. The number of nitrogens with one attached hydrogen (secondary N) is 1. The molecule has 0 atom stereocenters. The summed E-state index contributed by atoms with van der Waals surface area (Å²) >= 11 is 0. The molecule has 1 N–H and O–H groups in total. The van der Waals surface area contributed by atoms with Gasteiger partial charge < -0.3 is 15.1 Å². The standard InChI is InChI=1S/C11H21N3O2/c1-4-10(15)13-5-7-14(8-6-13)11(16)12-9(2)3/h9H,4-8H2,1-3H3,(H,12,16).